The lowest BCUT2D eigenvalue weighted by Crippen LogP contribution is -2.34. The molecule has 1 aromatic heterocycles. The van der Waals surface area contributed by atoms with Crippen LogP contribution in [0.15, 0.2) is 12.1 Å². The van der Waals surface area contributed by atoms with E-state index in [-0.39, 0.29) is 29.1 Å². The third kappa shape index (κ3) is 6.51. The Kier molecular flexibility index (Phi) is 6.19. The largest absolute Gasteiger partial charge is 0.460 e. The molecule has 1 heterocycles. The molecule has 0 fully saturated rings. The molecule has 1 atom stereocenters. The van der Waals surface area contributed by atoms with Gasteiger partial charge < -0.3 is 10.5 Å². The molecule has 0 aliphatic carbocycles. The lowest BCUT2D eigenvalue weighted by molar-refractivity contribution is -0.146. The zero-order valence-corrected chi connectivity index (χ0v) is 13.0. The van der Waals surface area contributed by atoms with E-state index in [1.54, 1.807) is 0 Å². The Morgan fingerprint density at radius 3 is 2.45 bits per heavy atom. The zero-order valence-electron chi connectivity index (χ0n) is 10.7. The number of carbonyl (C=O) groups excluding carboxylic acids is 1. The molecule has 2 N–H and O–H groups in total. The summed E-state index contributed by atoms with van der Waals surface area (Å²) >= 11 is 11.4. The normalized spacial score (nSPS) is 13.0. The minimum atomic E-state index is -3.16. The van der Waals surface area contributed by atoms with Gasteiger partial charge in [0.05, 0.1) is 5.75 Å². The minimum Gasteiger partial charge on any atom is -0.460 e. The van der Waals surface area contributed by atoms with E-state index in [1.165, 1.54) is 12.1 Å². The van der Waals surface area contributed by atoms with E-state index in [0.717, 1.165) is 6.26 Å². The van der Waals surface area contributed by atoms with Crippen molar-refractivity contribution in [2.45, 2.75) is 19.1 Å². The number of nitrogens with zero attached hydrogens (tertiary/aromatic N) is 1. The first-order chi connectivity index (χ1) is 9.17. The highest BCUT2D eigenvalue weighted by atomic mass is 35.5. The number of hydrogen-bond acceptors (Lipinski definition) is 6. The number of rotatable bonds is 6. The molecule has 0 bridgehead atoms. The van der Waals surface area contributed by atoms with Crippen molar-refractivity contribution in [3.63, 3.8) is 0 Å². The molecule has 6 nitrogen and oxygen atoms in total. The average molecular weight is 341 g/mol. The predicted octanol–water partition coefficient (Wildman–Crippen LogP) is 1.19. The molecule has 0 aliphatic heterocycles. The molecule has 1 rings (SSSR count). The molecule has 112 valence electrons. The Labute approximate surface area is 127 Å². The molecule has 0 aliphatic rings. The van der Waals surface area contributed by atoms with Gasteiger partial charge >= 0.3 is 5.97 Å². The van der Waals surface area contributed by atoms with Gasteiger partial charge in [-0.1, -0.05) is 23.2 Å². The first kappa shape index (κ1) is 17.2. The molecule has 0 radical (unpaired) electrons. The molecule has 9 heteroatoms. The van der Waals surface area contributed by atoms with Crippen molar-refractivity contribution in [2.24, 2.45) is 5.73 Å². The predicted molar refractivity (Wildman–Crippen MR) is 76.4 cm³/mol. The van der Waals surface area contributed by atoms with Crippen LogP contribution in [0.4, 0.5) is 0 Å². The zero-order chi connectivity index (χ0) is 15.3. The molecule has 0 amide bonds. The second-order valence-electron chi connectivity index (χ2n) is 4.25. The molecular weight excluding hydrogens is 327 g/mol. The van der Waals surface area contributed by atoms with Gasteiger partial charge in [0.15, 0.2) is 0 Å². The van der Waals surface area contributed by atoms with Crippen LogP contribution in [-0.2, 0) is 26.0 Å². The fraction of sp³-hybridized carbons (Fsp3) is 0.455. The van der Waals surface area contributed by atoms with Crippen molar-refractivity contribution in [3.8, 4) is 0 Å². The number of hydrogen-bond donors (Lipinski definition) is 1. The van der Waals surface area contributed by atoms with Crippen molar-refractivity contribution in [2.75, 3.05) is 12.0 Å². The van der Waals surface area contributed by atoms with Gasteiger partial charge in [0.25, 0.3) is 0 Å². The van der Waals surface area contributed by atoms with Gasteiger partial charge in [-0.25, -0.2) is 13.4 Å². The number of pyridine rings is 1. The maximum atomic E-state index is 11.6. The van der Waals surface area contributed by atoms with Crippen LogP contribution in [0, 0.1) is 0 Å². The highest BCUT2D eigenvalue weighted by Crippen LogP contribution is 2.15. The monoisotopic (exact) mass is 340 g/mol. The summed E-state index contributed by atoms with van der Waals surface area (Å²) in [4.78, 5) is 15.3. The summed E-state index contributed by atoms with van der Waals surface area (Å²) in [6.45, 7) is -0.0621. The van der Waals surface area contributed by atoms with Crippen LogP contribution in [0.2, 0.25) is 10.3 Å². The second kappa shape index (κ2) is 7.21. The Balaban J connectivity index is 2.50. The fourth-order valence-corrected chi connectivity index (χ4v) is 2.51. The third-order valence-electron chi connectivity index (χ3n) is 2.31. The summed E-state index contributed by atoms with van der Waals surface area (Å²) in [5, 5.41) is 0.370. The maximum Gasteiger partial charge on any atom is 0.323 e. The molecular formula is C11H14Cl2N2O4S. The second-order valence-corrected chi connectivity index (χ2v) is 7.29. The first-order valence-electron chi connectivity index (χ1n) is 5.59. The Bertz CT molecular complexity index is 572. The van der Waals surface area contributed by atoms with Gasteiger partial charge in [-0.15, -0.1) is 0 Å². The Morgan fingerprint density at radius 2 is 1.95 bits per heavy atom. The number of nitrogens with two attached hydrogens (primary N) is 1. The van der Waals surface area contributed by atoms with Crippen molar-refractivity contribution in [1.29, 1.82) is 0 Å². The van der Waals surface area contributed by atoms with Crippen LogP contribution in [0.3, 0.4) is 0 Å². The smallest absolute Gasteiger partial charge is 0.323 e. The van der Waals surface area contributed by atoms with E-state index in [2.05, 4.69) is 4.98 Å². The van der Waals surface area contributed by atoms with E-state index in [4.69, 9.17) is 33.7 Å². The van der Waals surface area contributed by atoms with Crippen LogP contribution < -0.4 is 5.73 Å². The number of carbonyl (C=O) groups is 1. The molecule has 0 saturated heterocycles. The number of aromatic nitrogens is 1. The Morgan fingerprint density at radius 1 is 1.40 bits per heavy atom. The number of halogens is 2. The van der Waals surface area contributed by atoms with E-state index >= 15 is 0 Å². The van der Waals surface area contributed by atoms with Gasteiger partial charge in [-0.2, -0.15) is 0 Å². The third-order valence-corrected chi connectivity index (χ3v) is 3.67. The van der Waals surface area contributed by atoms with Crippen molar-refractivity contribution in [1.82, 2.24) is 4.98 Å². The van der Waals surface area contributed by atoms with Crippen LogP contribution in [0.25, 0.3) is 0 Å². The van der Waals surface area contributed by atoms with E-state index < -0.39 is 21.8 Å². The average Bonchev–Trinajstić information content (AvgIpc) is 2.31. The van der Waals surface area contributed by atoms with Gasteiger partial charge in [-0.3, -0.25) is 4.79 Å². The SMILES string of the molecule is CS(=O)(=O)CC[C@H](N)C(=O)OCc1cc(Cl)nc(Cl)c1. The van der Waals surface area contributed by atoms with Crippen LogP contribution in [0.1, 0.15) is 12.0 Å². The van der Waals surface area contributed by atoms with Gasteiger partial charge in [0.1, 0.15) is 32.8 Å². The molecule has 0 spiro atoms. The maximum absolute atomic E-state index is 11.6. The highest BCUT2D eigenvalue weighted by Gasteiger charge is 2.17. The summed E-state index contributed by atoms with van der Waals surface area (Å²) in [6, 6.07) is 2.02. The van der Waals surface area contributed by atoms with Gasteiger partial charge in [-0.05, 0) is 24.1 Å². The van der Waals surface area contributed by atoms with Crippen LogP contribution in [0.5, 0.6) is 0 Å². The number of sulfone groups is 1. The topological polar surface area (TPSA) is 99.3 Å². The lowest BCUT2D eigenvalue weighted by atomic mass is 10.2. The minimum absolute atomic E-state index is 0.00945. The van der Waals surface area contributed by atoms with Crippen molar-refractivity contribution < 1.29 is 17.9 Å². The number of esters is 1. The van der Waals surface area contributed by atoms with Crippen LogP contribution in [-0.4, -0.2) is 37.4 Å². The molecule has 1 aromatic rings. The summed E-state index contributed by atoms with van der Waals surface area (Å²) < 4.78 is 26.9. The Hall–Kier alpha value is -0.890. The fourth-order valence-electron chi connectivity index (χ4n) is 1.32. The van der Waals surface area contributed by atoms with Gasteiger partial charge in [0.2, 0.25) is 0 Å². The first-order valence-corrected chi connectivity index (χ1v) is 8.41. The molecule has 0 saturated carbocycles. The van der Waals surface area contributed by atoms with Crippen LogP contribution >= 0.6 is 23.2 Å². The standard InChI is InChI=1S/C11H14Cl2N2O4S/c1-20(17,18)3-2-8(14)11(16)19-6-7-4-9(12)15-10(13)5-7/h4-5,8H,2-3,6,14H2,1H3/t8-/m0/s1. The molecule has 20 heavy (non-hydrogen) atoms. The summed E-state index contributed by atoms with van der Waals surface area (Å²) in [7, 11) is -3.16. The quantitative estimate of drug-likeness (QED) is 0.616. The molecule has 0 unspecified atom stereocenters. The van der Waals surface area contributed by atoms with Crippen molar-refractivity contribution in [3.05, 3.63) is 28.0 Å². The number of ether oxygens (including phenoxy) is 1. The highest BCUT2D eigenvalue weighted by molar-refractivity contribution is 7.90. The van der Waals surface area contributed by atoms with Gasteiger partial charge in [0, 0.05) is 6.26 Å². The van der Waals surface area contributed by atoms with E-state index in [9.17, 15) is 13.2 Å². The van der Waals surface area contributed by atoms with E-state index in [0.29, 0.717) is 5.56 Å². The van der Waals surface area contributed by atoms with E-state index in [1.807, 2.05) is 0 Å². The lowest BCUT2D eigenvalue weighted by Gasteiger charge is -2.11. The summed E-state index contributed by atoms with van der Waals surface area (Å²) in [5.74, 6) is -0.853. The van der Waals surface area contributed by atoms with Crippen molar-refractivity contribution >= 4 is 39.0 Å². The summed E-state index contributed by atoms with van der Waals surface area (Å²) in [6.07, 6.45) is 1.08. The summed E-state index contributed by atoms with van der Waals surface area (Å²) in [5.41, 5.74) is 6.11. The molecule has 0 aromatic carbocycles.